The number of rotatable bonds is 8. The molecule has 3 aromatic rings. The number of nitrogens with one attached hydrogen (secondary N) is 1. The van der Waals surface area contributed by atoms with Gasteiger partial charge in [0.05, 0.1) is 18.5 Å². The maximum atomic E-state index is 6.21. The highest BCUT2D eigenvalue weighted by Crippen LogP contribution is 2.30. The molecule has 0 aromatic heterocycles. The van der Waals surface area contributed by atoms with E-state index in [4.69, 9.17) is 32.7 Å². The van der Waals surface area contributed by atoms with Gasteiger partial charge < -0.3 is 9.47 Å². The van der Waals surface area contributed by atoms with Gasteiger partial charge in [-0.25, -0.2) is 0 Å². The number of hydrogen-bond donors (Lipinski definition) is 1. The lowest BCUT2D eigenvalue weighted by Crippen LogP contribution is -2.01. The van der Waals surface area contributed by atoms with Gasteiger partial charge in [-0.2, -0.15) is 5.10 Å². The first-order valence-electron chi connectivity index (χ1n) is 8.83. The third-order valence-electron chi connectivity index (χ3n) is 3.85. The second-order valence-electron chi connectivity index (χ2n) is 5.90. The Bertz CT molecular complexity index is 947. The lowest BCUT2D eigenvalue weighted by atomic mass is 10.2. The number of benzene rings is 3. The molecule has 0 fully saturated rings. The standard InChI is InChI=1S/C22H20Cl2N2O2/c1-2-27-22-12-16(14-25-26-19-6-4-3-5-7-19)8-11-21(22)28-15-17-9-10-18(23)13-20(17)24/h3-14,26H,2,15H2,1H3. The summed E-state index contributed by atoms with van der Waals surface area (Å²) in [4.78, 5) is 0. The molecule has 3 aromatic carbocycles. The molecule has 0 radical (unpaired) electrons. The van der Waals surface area contributed by atoms with E-state index >= 15 is 0 Å². The Morgan fingerprint density at radius 2 is 1.75 bits per heavy atom. The molecule has 0 bridgehead atoms. The van der Waals surface area contributed by atoms with E-state index in [9.17, 15) is 0 Å². The normalized spacial score (nSPS) is 10.8. The monoisotopic (exact) mass is 414 g/mol. The zero-order valence-corrected chi connectivity index (χ0v) is 16.9. The van der Waals surface area contributed by atoms with Crippen molar-refractivity contribution < 1.29 is 9.47 Å². The summed E-state index contributed by atoms with van der Waals surface area (Å²) in [6.45, 7) is 2.78. The lowest BCUT2D eigenvalue weighted by molar-refractivity contribution is 0.269. The van der Waals surface area contributed by atoms with Gasteiger partial charge in [-0.15, -0.1) is 0 Å². The summed E-state index contributed by atoms with van der Waals surface area (Å²) in [5.41, 5.74) is 5.65. The van der Waals surface area contributed by atoms with Crippen molar-refractivity contribution in [3.05, 3.63) is 87.9 Å². The fourth-order valence-corrected chi connectivity index (χ4v) is 2.94. The second-order valence-corrected chi connectivity index (χ2v) is 6.74. The van der Waals surface area contributed by atoms with E-state index in [1.54, 1.807) is 18.3 Å². The molecule has 0 aliphatic rings. The minimum atomic E-state index is 0.319. The quantitative estimate of drug-likeness (QED) is 0.341. The predicted molar refractivity (Wildman–Crippen MR) is 116 cm³/mol. The molecule has 1 N–H and O–H groups in total. The van der Waals surface area contributed by atoms with Crippen LogP contribution in [0.25, 0.3) is 0 Å². The maximum Gasteiger partial charge on any atom is 0.161 e. The van der Waals surface area contributed by atoms with Gasteiger partial charge in [0.15, 0.2) is 11.5 Å². The van der Waals surface area contributed by atoms with Crippen LogP contribution in [0, 0.1) is 0 Å². The van der Waals surface area contributed by atoms with Crippen molar-refractivity contribution in [3.63, 3.8) is 0 Å². The largest absolute Gasteiger partial charge is 0.490 e. The smallest absolute Gasteiger partial charge is 0.161 e. The molecule has 0 saturated carbocycles. The zero-order chi connectivity index (χ0) is 19.8. The highest BCUT2D eigenvalue weighted by Gasteiger charge is 2.08. The van der Waals surface area contributed by atoms with Crippen LogP contribution in [0.4, 0.5) is 5.69 Å². The molecule has 0 unspecified atom stereocenters. The van der Waals surface area contributed by atoms with Crippen LogP contribution in [0.15, 0.2) is 71.8 Å². The predicted octanol–water partition coefficient (Wildman–Crippen LogP) is 6.42. The van der Waals surface area contributed by atoms with Gasteiger partial charge in [-0.3, -0.25) is 5.43 Å². The highest BCUT2D eigenvalue weighted by atomic mass is 35.5. The van der Waals surface area contributed by atoms with Gasteiger partial charge >= 0.3 is 0 Å². The summed E-state index contributed by atoms with van der Waals surface area (Å²) >= 11 is 12.1. The molecule has 144 valence electrons. The van der Waals surface area contributed by atoms with Gasteiger partial charge in [0.2, 0.25) is 0 Å². The molecule has 0 spiro atoms. The molecule has 3 rings (SSSR count). The van der Waals surface area contributed by atoms with E-state index in [0.717, 1.165) is 16.8 Å². The number of halogens is 2. The number of ether oxygens (including phenoxy) is 2. The van der Waals surface area contributed by atoms with Crippen LogP contribution in [0.2, 0.25) is 10.0 Å². The molecule has 0 aliphatic carbocycles. The first-order chi connectivity index (χ1) is 13.7. The van der Waals surface area contributed by atoms with Crippen LogP contribution in [0.1, 0.15) is 18.1 Å². The highest BCUT2D eigenvalue weighted by molar-refractivity contribution is 6.35. The number of para-hydroxylation sites is 1. The van der Waals surface area contributed by atoms with Gasteiger partial charge in [0.25, 0.3) is 0 Å². The van der Waals surface area contributed by atoms with Crippen molar-refractivity contribution >= 4 is 35.1 Å². The van der Waals surface area contributed by atoms with E-state index in [2.05, 4.69) is 10.5 Å². The van der Waals surface area contributed by atoms with Crippen molar-refractivity contribution in [1.29, 1.82) is 0 Å². The lowest BCUT2D eigenvalue weighted by Gasteiger charge is -2.13. The Morgan fingerprint density at radius 3 is 2.50 bits per heavy atom. The van der Waals surface area contributed by atoms with Crippen LogP contribution < -0.4 is 14.9 Å². The SMILES string of the molecule is CCOc1cc(C=NNc2ccccc2)ccc1OCc1ccc(Cl)cc1Cl. The first kappa shape index (κ1) is 20.1. The van der Waals surface area contributed by atoms with Crippen LogP contribution in [0.3, 0.4) is 0 Å². The minimum absolute atomic E-state index is 0.319. The summed E-state index contributed by atoms with van der Waals surface area (Å²) in [7, 11) is 0. The van der Waals surface area contributed by atoms with Crippen molar-refractivity contribution in [2.45, 2.75) is 13.5 Å². The summed E-state index contributed by atoms with van der Waals surface area (Å²) in [5, 5.41) is 5.42. The van der Waals surface area contributed by atoms with E-state index in [1.165, 1.54) is 0 Å². The van der Waals surface area contributed by atoms with Gasteiger partial charge in [-0.05, 0) is 55.0 Å². The van der Waals surface area contributed by atoms with Crippen molar-refractivity contribution in [1.82, 2.24) is 0 Å². The Balaban J connectivity index is 1.69. The topological polar surface area (TPSA) is 42.8 Å². The van der Waals surface area contributed by atoms with Gasteiger partial charge in [0, 0.05) is 15.6 Å². The Kier molecular flexibility index (Phi) is 7.18. The van der Waals surface area contributed by atoms with Crippen molar-refractivity contribution in [2.75, 3.05) is 12.0 Å². The number of anilines is 1. The fourth-order valence-electron chi connectivity index (χ4n) is 2.48. The van der Waals surface area contributed by atoms with Gasteiger partial charge in [0.1, 0.15) is 6.61 Å². The minimum Gasteiger partial charge on any atom is -0.490 e. The molecule has 4 nitrogen and oxygen atoms in total. The Labute approximate surface area is 174 Å². The average molecular weight is 415 g/mol. The fraction of sp³-hybridized carbons (Fsp3) is 0.136. The van der Waals surface area contributed by atoms with Crippen LogP contribution in [-0.4, -0.2) is 12.8 Å². The maximum absolute atomic E-state index is 6.21. The summed E-state index contributed by atoms with van der Waals surface area (Å²) in [6, 6.07) is 20.7. The molecule has 6 heteroatoms. The second kappa shape index (κ2) is 10.0. The molecule has 0 atom stereocenters. The molecular weight excluding hydrogens is 395 g/mol. The summed E-state index contributed by atoms with van der Waals surface area (Å²) < 4.78 is 11.6. The summed E-state index contributed by atoms with van der Waals surface area (Å²) in [5.74, 6) is 1.29. The Hall–Kier alpha value is -2.69. The number of hydrazone groups is 1. The number of hydrogen-bond acceptors (Lipinski definition) is 4. The van der Waals surface area contributed by atoms with Crippen LogP contribution in [-0.2, 0) is 6.61 Å². The van der Waals surface area contributed by atoms with Crippen molar-refractivity contribution in [3.8, 4) is 11.5 Å². The van der Waals surface area contributed by atoms with Gasteiger partial charge in [-0.1, -0.05) is 47.5 Å². The molecule has 28 heavy (non-hydrogen) atoms. The van der Waals surface area contributed by atoms with E-state index in [0.29, 0.717) is 34.8 Å². The molecule has 0 saturated heterocycles. The molecule has 0 amide bonds. The van der Waals surface area contributed by atoms with E-state index in [-0.39, 0.29) is 0 Å². The Morgan fingerprint density at radius 1 is 0.929 bits per heavy atom. The zero-order valence-electron chi connectivity index (χ0n) is 15.4. The molecule has 0 aliphatic heterocycles. The first-order valence-corrected chi connectivity index (χ1v) is 9.59. The van der Waals surface area contributed by atoms with E-state index in [1.807, 2.05) is 61.5 Å². The molecule has 0 heterocycles. The van der Waals surface area contributed by atoms with Crippen LogP contribution in [0.5, 0.6) is 11.5 Å². The molecular formula is C22H20Cl2N2O2. The average Bonchev–Trinajstić information content (AvgIpc) is 2.69. The van der Waals surface area contributed by atoms with E-state index < -0.39 is 0 Å². The third kappa shape index (κ3) is 5.65. The summed E-state index contributed by atoms with van der Waals surface area (Å²) in [6.07, 6.45) is 1.73. The van der Waals surface area contributed by atoms with Crippen molar-refractivity contribution in [2.24, 2.45) is 5.10 Å². The third-order valence-corrected chi connectivity index (χ3v) is 4.43. The number of nitrogens with zero attached hydrogens (tertiary/aromatic N) is 1. The van der Waals surface area contributed by atoms with Crippen LogP contribution >= 0.6 is 23.2 Å².